The van der Waals surface area contributed by atoms with Crippen molar-refractivity contribution in [1.29, 1.82) is 0 Å². The van der Waals surface area contributed by atoms with E-state index >= 15 is 0 Å². The normalized spacial score (nSPS) is 10.4. The monoisotopic (exact) mass is 250 g/mol. The van der Waals surface area contributed by atoms with Gasteiger partial charge in [-0.1, -0.05) is 40.7 Å². The summed E-state index contributed by atoms with van der Waals surface area (Å²) in [6, 6.07) is 7.74. The predicted octanol–water partition coefficient (Wildman–Crippen LogP) is 3.61. The van der Waals surface area contributed by atoms with Crippen molar-refractivity contribution in [3.8, 4) is 0 Å². The molecule has 72 valence electrons. The van der Waals surface area contributed by atoms with Gasteiger partial charge >= 0.3 is 0 Å². The van der Waals surface area contributed by atoms with Gasteiger partial charge in [0.25, 0.3) is 0 Å². The summed E-state index contributed by atoms with van der Waals surface area (Å²) in [6.45, 7) is 5.28. The van der Waals surface area contributed by atoms with Gasteiger partial charge in [-0.2, -0.15) is 0 Å². The fourth-order valence-corrected chi connectivity index (χ4v) is 1.15. The summed E-state index contributed by atoms with van der Waals surface area (Å²) in [7, 11) is 0. The van der Waals surface area contributed by atoms with Gasteiger partial charge in [-0.25, -0.2) is 0 Å². The fraction of sp³-hybridized carbons (Fsp3) is 0.0833. The molecule has 0 heterocycles. The van der Waals surface area contributed by atoms with E-state index in [1.807, 2.05) is 24.3 Å². The number of benzene rings is 1. The molecule has 1 rings (SSSR count). The summed E-state index contributed by atoms with van der Waals surface area (Å²) in [5.41, 5.74) is 1.56. The Balaban J connectivity index is 2.74. The van der Waals surface area contributed by atoms with E-state index in [0.717, 1.165) is 10.0 Å². The average Bonchev–Trinajstić information content (AvgIpc) is 2.16. The maximum Gasteiger partial charge on any atom is 0.180 e. The summed E-state index contributed by atoms with van der Waals surface area (Å²) >= 11 is 3.34. The van der Waals surface area contributed by atoms with E-state index in [2.05, 4.69) is 22.5 Å². The quantitative estimate of drug-likeness (QED) is 0.750. The standard InChI is InChI=1S/C12H11BrO/c1-9(2)12(14)8-5-10-3-6-11(13)7-4-10/h3-8H,1H2,2H3/b8-5+. The minimum atomic E-state index is -0.0343. The first-order chi connectivity index (χ1) is 6.59. The Morgan fingerprint density at radius 2 is 1.93 bits per heavy atom. The van der Waals surface area contributed by atoms with Gasteiger partial charge < -0.3 is 0 Å². The maximum absolute atomic E-state index is 11.2. The van der Waals surface area contributed by atoms with E-state index in [-0.39, 0.29) is 5.78 Å². The van der Waals surface area contributed by atoms with Crippen LogP contribution in [0.4, 0.5) is 0 Å². The molecular weight excluding hydrogens is 240 g/mol. The fourth-order valence-electron chi connectivity index (χ4n) is 0.888. The molecule has 1 aromatic rings. The van der Waals surface area contributed by atoms with Crippen molar-refractivity contribution < 1.29 is 4.79 Å². The average molecular weight is 251 g/mol. The molecule has 0 fully saturated rings. The third-order valence-electron chi connectivity index (χ3n) is 1.72. The van der Waals surface area contributed by atoms with Gasteiger partial charge in [0.05, 0.1) is 0 Å². The molecule has 14 heavy (non-hydrogen) atoms. The van der Waals surface area contributed by atoms with E-state index in [4.69, 9.17) is 0 Å². The number of halogens is 1. The Morgan fingerprint density at radius 3 is 2.43 bits per heavy atom. The van der Waals surface area contributed by atoms with Crippen LogP contribution in [0.1, 0.15) is 12.5 Å². The summed E-state index contributed by atoms with van der Waals surface area (Å²) < 4.78 is 1.03. The first-order valence-corrected chi connectivity index (χ1v) is 5.02. The highest BCUT2D eigenvalue weighted by atomic mass is 79.9. The smallest absolute Gasteiger partial charge is 0.180 e. The predicted molar refractivity (Wildman–Crippen MR) is 63.0 cm³/mol. The van der Waals surface area contributed by atoms with Crippen LogP contribution in [0.15, 0.2) is 47.0 Å². The lowest BCUT2D eigenvalue weighted by Crippen LogP contribution is -1.91. The second-order valence-electron chi connectivity index (χ2n) is 3.03. The van der Waals surface area contributed by atoms with Crippen LogP contribution in [0.5, 0.6) is 0 Å². The second kappa shape index (κ2) is 4.91. The minimum absolute atomic E-state index is 0.0343. The highest BCUT2D eigenvalue weighted by molar-refractivity contribution is 9.10. The zero-order valence-electron chi connectivity index (χ0n) is 7.96. The van der Waals surface area contributed by atoms with Crippen LogP contribution in [-0.4, -0.2) is 5.78 Å². The molecule has 0 aromatic heterocycles. The van der Waals surface area contributed by atoms with Gasteiger partial charge in [0, 0.05) is 4.47 Å². The Hall–Kier alpha value is -1.15. The SMILES string of the molecule is C=C(C)C(=O)/C=C/c1ccc(Br)cc1. The van der Waals surface area contributed by atoms with Gasteiger partial charge in [-0.05, 0) is 36.3 Å². The summed E-state index contributed by atoms with van der Waals surface area (Å²) in [5.74, 6) is -0.0343. The first kappa shape index (κ1) is 10.9. The van der Waals surface area contributed by atoms with E-state index in [9.17, 15) is 4.79 Å². The number of allylic oxidation sites excluding steroid dienone is 2. The van der Waals surface area contributed by atoms with Crippen LogP contribution < -0.4 is 0 Å². The summed E-state index contributed by atoms with van der Waals surface area (Å²) in [5, 5.41) is 0. The van der Waals surface area contributed by atoms with Crippen molar-refractivity contribution in [1.82, 2.24) is 0 Å². The highest BCUT2D eigenvalue weighted by Crippen LogP contribution is 2.11. The first-order valence-electron chi connectivity index (χ1n) is 4.23. The van der Waals surface area contributed by atoms with Crippen LogP contribution in [-0.2, 0) is 4.79 Å². The number of carbonyl (C=O) groups excluding carboxylic acids is 1. The molecule has 0 atom stereocenters. The third kappa shape index (κ3) is 3.30. The maximum atomic E-state index is 11.2. The van der Waals surface area contributed by atoms with Gasteiger partial charge in [-0.15, -0.1) is 0 Å². The van der Waals surface area contributed by atoms with Gasteiger partial charge in [0.1, 0.15) is 0 Å². The van der Waals surface area contributed by atoms with Crippen molar-refractivity contribution in [3.05, 3.63) is 52.5 Å². The summed E-state index contributed by atoms with van der Waals surface area (Å²) in [6.07, 6.45) is 3.31. The van der Waals surface area contributed by atoms with E-state index in [0.29, 0.717) is 5.57 Å². The van der Waals surface area contributed by atoms with Crippen LogP contribution in [0.2, 0.25) is 0 Å². The number of carbonyl (C=O) groups is 1. The van der Waals surface area contributed by atoms with E-state index in [1.54, 1.807) is 13.0 Å². The zero-order chi connectivity index (χ0) is 10.6. The molecule has 0 spiro atoms. The lowest BCUT2D eigenvalue weighted by atomic mass is 10.1. The zero-order valence-corrected chi connectivity index (χ0v) is 9.54. The topological polar surface area (TPSA) is 17.1 Å². The van der Waals surface area contributed by atoms with E-state index < -0.39 is 0 Å². The molecule has 1 nitrogen and oxygen atoms in total. The van der Waals surface area contributed by atoms with Crippen molar-refractivity contribution in [2.24, 2.45) is 0 Å². The molecule has 0 saturated carbocycles. The van der Waals surface area contributed by atoms with Crippen LogP contribution in [0, 0.1) is 0 Å². The van der Waals surface area contributed by atoms with Crippen molar-refractivity contribution in [2.75, 3.05) is 0 Å². The number of rotatable bonds is 3. The molecule has 0 N–H and O–H groups in total. The lowest BCUT2D eigenvalue weighted by molar-refractivity contribution is -0.111. The Labute approximate surface area is 92.3 Å². The molecule has 1 aromatic carbocycles. The minimum Gasteiger partial charge on any atom is -0.290 e. The third-order valence-corrected chi connectivity index (χ3v) is 2.25. The molecule has 0 aliphatic heterocycles. The van der Waals surface area contributed by atoms with Crippen molar-refractivity contribution in [2.45, 2.75) is 6.92 Å². The number of ketones is 1. The molecule has 0 radical (unpaired) electrons. The largest absolute Gasteiger partial charge is 0.290 e. The van der Waals surface area contributed by atoms with Gasteiger partial charge in [0.15, 0.2) is 5.78 Å². The molecule has 0 bridgehead atoms. The molecule has 0 saturated heterocycles. The Morgan fingerprint density at radius 1 is 1.36 bits per heavy atom. The van der Waals surface area contributed by atoms with Crippen molar-refractivity contribution >= 4 is 27.8 Å². The van der Waals surface area contributed by atoms with Gasteiger partial charge in [-0.3, -0.25) is 4.79 Å². The molecule has 0 aliphatic rings. The lowest BCUT2D eigenvalue weighted by Gasteiger charge is -1.93. The van der Waals surface area contributed by atoms with Crippen molar-refractivity contribution in [3.63, 3.8) is 0 Å². The second-order valence-corrected chi connectivity index (χ2v) is 3.95. The Bertz CT molecular complexity index is 374. The van der Waals surface area contributed by atoms with E-state index in [1.165, 1.54) is 6.08 Å². The molecule has 0 amide bonds. The van der Waals surface area contributed by atoms with Crippen LogP contribution in [0.3, 0.4) is 0 Å². The van der Waals surface area contributed by atoms with Gasteiger partial charge in [0.2, 0.25) is 0 Å². The van der Waals surface area contributed by atoms with Crippen LogP contribution >= 0.6 is 15.9 Å². The molecular formula is C12H11BrO. The number of hydrogen-bond acceptors (Lipinski definition) is 1. The molecule has 0 unspecified atom stereocenters. The highest BCUT2D eigenvalue weighted by Gasteiger charge is 1.95. The summed E-state index contributed by atoms with van der Waals surface area (Å²) in [4.78, 5) is 11.2. The van der Waals surface area contributed by atoms with Crippen LogP contribution in [0.25, 0.3) is 6.08 Å². The molecule has 2 heteroatoms. The molecule has 0 aliphatic carbocycles. The Kier molecular flexibility index (Phi) is 3.84. The number of hydrogen-bond donors (Lipinski definition) is 0.